The Morgan fingerprint density at radius 2 is 1.97 bits per heavy atom. The second-order valence-corrected chi connectivity index (χ2v) is 11.1. The summed E-state index contributed by atoms with van der Waals surface area (Å²) >= 11 is 1.62. The first kappa shape index (κ1) is 19.9. The molecule has 0 radical (unpaired) electrons. The first-order valence-electron chi connectivity index (χ1n) is 9.45. The highest BCUT2D eigenvalue weighted by atomic mass is 32.2. The normalized spacial score (nSPS) is 24.8. The van der Waals surface area contributed by atoms with Crippen LogP contribution < -0.4 is 5.73 Å². The second kappa shape index (κ2) is 7.15. The third kappa shape index (κ3) is 4.02. The van der Waals surface area contributed by atoms with E-state index in [-0.39, 0.29) is 17.5 Å². The number of nitrogens with two attached hydrogens (primary N) is 1. The highest BCUT2D eigenvalue weighted by Crippen LogP contribution is 2.46. The summed E-state index contributed by atoms with van der Waals surface area (Å²) in [6.45, 7) is 3.84. The molecule has 1 fully saturated rings. The Bertz CT molecular complexity index is 1130. The van der Waals surface area contributed by atoms with Gasteiger partial charge in [-0.3, -0.25) is 4.98 Å². The molecule has 1 atom stereocenters. The van der Waals surface area contributed by atoms with Crippen LogP contribution in [0.15, 0.2) is 34.9 Å². The van der Waals surface area contributed by atoms with Crippen LogP contribution in [0.2, 0.25) is 0 Å². The van der Waals surface area contributed by atoms with Gasteiger partial charge in [-0.15, -0.1) is 17.3 Å². The molecule has 1 unspecified atom stereocenters. The van der Waals surface area contributed by atoms with Gasteiger partial charge in [0.25, 0.3) is 6.02 Å². The van der Waals surface area contributed by atoms with E-state index < -0.39 is 21.0 Å². The van der Waals surface area contributed by atoms with Crippen LogP contribution in [0, 0.1) is 11.8 Å². The Kier molecular flexibility index (Phi) is 4.91. The van der Waals surface area contributed by atoms with Gasteiger partial charge in [-0.2, -0.15) is 0 Å². The van der Waals surface area contributed by atoms with Crippen LogP contribution in [0.3, 0.4) is 0 Å². The molecule has 2 aromatic rings. The van der Waals surface area contributed by atoms with Gasteiger partial charge in [0.05, 0.1) is 11.5 Å². The number of nitrogens with zero attached hydrogens (tertiary/aromatic N) is 2. The Balaban J connectivity index is 1.65. The zero-order chi connectivity index (χ0) is 20.7. The Morgan fingerprint density at radius 1 is 1.21 bits per heavy atom. The predicted octanol–water partition coefficient (Wildman–Crippen LogP) is 3.08. The van der Waals surface area contributed by atoms with E-state index in [0.29, 0.717) is 19.3 Å². The lowest BCUT2D eigenvalue weighted by Crippen LogP contribution is -2.51. The van der Waals surface area contributed by atoms with Crippen molar-refractivity contribution < 1.29 is 13.2 Å². The van der Waals surface area contributed by atoms with Gasteiger partial charge in [0, 0.05) is 47.7 Å². The molecule has 0 aromatic carbocycles. The largest absolute Gasteiger partial charge is 0.459 e. The SMILES string of the molecule is CC#Cc1cncc(-c2csc(C3(C)CC4(CCS(=O)(=O)CC4)OC(N)=N3)c2)c1. The van der Waals surface area contributed by atoms with E-state index >= 15 is 0 Å². The number of thiophene rings is 1. The van der Waals surface area contributed by atoms with Crippen molar-refractivity contribution in [2.75, 3.05) is 11.5 Å². The topological polar surface area (TPSA) is 94.6 Å². The van der Waals surface area contributed by atoms with Crippen LogP contribution in [0.4, 0.5) is 0 Å². The van der Waals surface area contributed by atoms with Crippen molar-refractivity contribution in [1.29, 1.82) is 0 Å². The van der Waals surface area contributed by atoms with Crippen molar-refractivity contribution in [1.82, 2.24) is 4.98 Å². The number of pyridine rings is 1. The molecular formula is C21H23N3O3S2. The maximum absolute atomic E-state index is 11.9. The summed E-state index contributed by atoms with van der Waals surface area (Å²) in [5.74, 6) is 6.18. The minimum absolute atomic E-state index is 0.128. The zero-order valence-corrected chi connectivity index (χ0v) is 18.1. The summed E-state index contributed by atoms with van der Waals surface area (Å²) in [7, 11) is -2.99. The third-order valence-corrected chi connectivity index (χ3v) is 8.39. The Labute approximate surface area is 175 Å². The number of ether oxygens (including phenoxy) is 1. The van der Waals surface area contributed by atoms with E-state index in [4.69, 9.17) is 10.5 Å². The highest BCUT2D eigenvalue weighted by molar-refractivity contribution is 7.91. The number of hydrogen-bond donors (Lipinski definition) is 1. The monoisotopic (exact) mass is 429 g/mol. The van der Waals surface area contributed by atoms with Crippen LogP contribution >= 0.6 is 11.3 Å². The first-order chi connectivity index (χ1) is 13.7. The molecule has 0 bridgehead atoms. The van der Waals surface area contributed by atoms with Crippen LogP contribution in [0.25, 0.3) is 11.1 Å². The van der Waals surface area contributed by atoms with Crippen molar-refractivity contribution in [2.45, 2.75) is 44.2 Å². The molecular weight excluding hydrogens is 406 g/mol. The molecule has 8 heteroatoms. The summed E-state index contributed by atoms with van der Waals surface area (Å²) in [6.07, 6.45) is 5.07. The maximum Gasteiger partial charge on any atom is 0.283 e. The molecule has 4 heterocycles. The molecule has 29 heavy (non-hydrogen) atoms. The van der Waals surface area contributed by atoms with Crippen LogP contribution in [0.5, 0.6) is 0 Å². The Hall–Kier alpha value is -2.37. The Morgan fingerprint density at radius 3 is 2.69 bits per heavy atom. The van der Waals surface area contributed by atoms with Crippen molar-refractivity contribution in [3.63, 3.8) is 0 Å². The number of sulfone groups is 1. The molecule has 4 rings (SSSR count). The van der Waals surface area contributed by atoms with Gasteiger partial charge in [0.15, 0.2) is 9.84 Å². The number of aliphatic imine (C=N–C) groups is 1. The molecule has 2 N–H and O–H groups in total. The molecule has 2 aliphatic heterocycles. The van der Waals surface area contributed by atoms with E-state index in [1.54, 1.807) is 24.5 Å². The number of hydrogen-bond acceptors (Lipinski definition) is 7. The first-order valence-corrected chi connectivity index (χ1v) is 12.1. The van der Waals surface area contributed by atoms with Gasteiger partial charge in [0.1, 0.15) is 11.1 Å². The lowest BCUT2D eigenvalue weighted by molar-refractivity contribution is -0.00271. The third-order valence-electron chi connectivity index (χ3n) is 5.55. The summed E-state index contributed by atoms with van der Waals surface area (Å²) in [4.78, 5) is 9.98. The predicted molar refractivity (Wildman–Crippen MR) is 115 cm³/mol. The van der Waals surface area contributed by atoms with Gasteiger partial charge in [-0.05, 0) is 36.9 Å². The number of amidine groups is 1. The van der Waals surface area contributed by atoms with Crippen LogP contribution in [-0.2, 0) is 20.1 Å². The second-order valence-electron chi connectivity index (χ2n) is 7.87. The van der Waals surface area contributed by atoms with Gasteiger partial charge >= 0.3 is 0 Å². The van der Waals surface area contributed by atoms with E-state index in [9.17, 15) is 8.42 Å². The van der Waals surface area contributed by atoms with Crippen LogP contribution in [0.1, 0.15) is 43.6 Å². The fourth-order valence-electron chi connectivity index (χ4n) is 4.10. The highest BCUT2D eigenvalue weighted by Gasteiger charge is 2.49. The smallest absolute Gasteiger partial charge is 0.283 e. The maximum atomic E-state index is 11.9. The molecule has 6 nitrogen and oxygen atoms in total. The van der Waals surface area contributed by atoms with E-state index in [1.807, 2.05) is 19.2 Å². The molecule has 0 saturated carbocycles. The summed E-state index contributed by atoms with van der Waals surface area (Å²) in [5, 5.41) is 2.08. The summed E-state index contributed by atoms with van der Waals surface area (Å²) in [5.41, 5.74) is 7.85. The average Bonchev–Trinajstić information content (AvgIpc) is 3.16. The molecule has 1 spiro atoms. The van der Waals surface area contributed by atoms with Gasteiger partial charge in [0.2, 0.25) is 0 Å². The van der Waals surface area contributed by atoms with Crippen molar-refractivity contribution in [3.8, 4) is 23.0 Å². The quantitative estimate of drug-likeness (QED) is 0.741. The lowest BCUT2D eigenvalue weighted by Gasteiger charge is -2.45. The number of rotatable bonds is 2. The van der Waals surface area contributed by atoms with E-state index in [0.717, 1.165) is 21.6 Å². The van der Waals surface area contributed by atoms with Crippen molar-refractivity contribution in [3.05, 3.63) is 40.3 Å². The number of aromatic nitrogens is 1. The fourth-order valence-corrected chi connectivity index (χ4v) is 6.70. The lowest BCUT2D eigenvalue weighted by atomic mass is 9.80. The summed E-state index contributed by atoms with van der Waals surface area (Å²) in [6, 6.07) is 4.27. The van der Waals surface area contributed by atoms with Crippen molar-refractivity contribution in [2.24, 2.45) is 10.7 Å². The van der Waals surface area contributed by atoms with Crippen molar-refractivity contribution >= 4 is 27.2 Å². The molecule has 2 aromatic heterocycles. The summed E-state index contributed by atoms with van der Waals surface area (Å²) < 4.78 is 29.7. The molecule has 2 aliphatic rings. The van der Waals surface area contributed by atoms with E-state index in [2.05, 4.69) is 33.3 Å². The van der Waals surface area contributed by atoms with Gasteiger partial charge < -0.3 is 10.5 Å². The molecule has 0 amide bonds. The molecule has 152 valence electrons. The zero-order valence-electron chi connectivity index (χ0n) is 16.4. The standard InChI is InChI=1S/C21H23N3O3S2/c1-3-4-15-9-16(12-23-11-15)17-10-18(28-13-17)20(2)14-21(27-19(22)24-20)5-7-29(25,26)8-6-21/h9-13H,5-8,14H2,1-2H3,(H2,22,24). The average molecular weight is 430 g/mol. The van der Waals surface area contributed by atoms with Crippen LogP contribution in [-0.4, -0.2) is 36.5 Å². The van der Waals surface area contributed by atoms with Gasteiger partial charge in [-0.1, -0.05) is 5.92 Å². The van der Waals surface area contributed by atoms with E-state index in [1.165, 1.54) is 0 Å². The molecule has 0 aliphatic carbocycles. The minimum atomic E-state index is -2.99. The minimum Gasteiger partial charge on any atom is -0.459 e. The fraction of sp³-hybridized carbons (Fsp3) is 0.429. The molecule has 1 saturated heterocycles. The van der Waals surface area contributed by atoms with Gasteiger partial charge in [-0.25, -0.2) is 13.4 Å².